The van der Waals surface area contributed by atoms with Crippen molar-refractivity contribution in [1.82, 2.24) is 0 Å². The molecule has 0 saturated heterocycles. The van der Waals surface area contributed by atoms with Crippen LogP contribution < -0.4 is 10.6 Å². The minimum atomic E-state index is -0.0841. The zero-order chi connectivity index (χ0) is 16.7. The summed E-state index contributed by atoms with van der Waals surface area (Å²) in [6, 6.07) is 17.1. The standard InChI is InChI=1S/C19H22N2O2/c1-14(2)19(23)21-17-10-6-9-16(13-17)20-18(22)12-11-15-7-4-3-5-8-15/h3-10,13-14H,11-12H2,1-2H3,(H,20,22)(H,21,23). The summed E-state index contributed by atoms with van der Waals surface area (Å²) < 4.78 is 0. The van der Waals surface area contributed by atoms with Crippen LogP contribution in [0.1, 0.15) is 25.8 Å². The lowest BCUT2D eigenvalue weighted by Crippen LogP contribution is -2.18. The van der Waals surface area contributed by atoms with E-state index in [-0.39, 0.29) is 17.7 Å². The second-order valence-corrected chi connectivity index (χ2v) is 5.76. The van der Waals surface area contributed by atoms with Crippen molar-refractivity contribution < 1.29 is 9.59 Å². The number of benzene rings is 2. The van der Waals surface area contributed by atoms with E-state index in [4.69, 9.17) is 0 Å². The van der Waals surface area contributed by atoms with Gasteiger partial charge >= 0.3 is 0 Å². The van der Waals surface area contributed by atoms with Crippen molar-refractivity contribution in [2.75, 3.05) is 10.6 Å². The molecule has 0 saturated carbocycles. The number of carbonyl (C=O) groups excluding carboxylic acids is 2. The molecule has 0 aliphatic rings. The van der Waals surface area contributed by atoms with Gasteiger partial charge in [-0.2, -0.15) is 0 Å². The first kappa shape index (κ1) is 16.7. The van der Waals surface area contributed by atoms with E-state index in [1.807, 2.05) is 56.3 Å². The predicted molar refractivity (Wildman–Crippen MR) is 93.3 cm³/mol. The number of amides is 2. The van der Waals surface area contributed by atoms with Crippen LogP contribution in [0.4, 0.5) is 11.4 Å². The molecule has 0 aliphatic heterocycles. The molecule has 0 atom stereocenters. The summed E-state index contributed by atoms with van der Waals surface area (Å²) in [5, 5.41) is 5.69. The number of rotatable bonds is 6. The molecule has 4 nitrogen and oxygen atoms in total. The van der Waals surface area contributed by atoms with Crippen LogP contribution in [-0.4, -0.2) is 11.8 Å². The molecule has 2 aromatic carbocycles. The van der Waals surface area contributed by atoms with Gasteiger partial charge in [0.1, 0.15) is 0 Å². The van der Waals surface area contributed by atoms with Gasteiger partial charge < -0.3 is 10.6 Å². The van der Waals surface area contributed by atoms with Gasteiger partial charge in [0, 0.05) is 23.7 Å². The Morgan fingerprint density at radius 2 is 1.57 bits per heavy atom. The Morgan fingerprint density at radius 3 is 2.22 bits per heavy atom. The van der Waals surface area contributed by atoms with Gasteiger partial charge in [0.15, 0.2) is 0 Å². The van der Waals surface area contributed by atoms with Crippen LogP contribution in [-0.2, 0) is 16.0 Å². The highest BCUT2D eigenvalue weighted by molar-refractivity contribution is 5.94. The summed E-state index contributed by atoms with van der Waals surface area (Å²) in [6.07, 6.45) is 1.13. The van der Waals surface area contributed by atoms with Gasteiger partial charge in [-0.3, -0.25) is 9.59 Å². The lowest BCUT2D eigenvalue weighted by molar-refractivity contribution is -0.119. The van der Waals surface area contributed by atoms with Crippen molar-refractivity contribution in [2.45, 2.75) is 26.7 Å². The van der Waals surface area contributed by atoms with E-state index in [1.54, 1.807) is 12.1 Å². The number of anilines is 2. The molecule has 2 aromatic rings. The molecule has 120 valence electrons. The highest BCUT2D eigenvalue weighted by Gasteiger charge is 2.08. The molecular weight excluding hydrogens is 288 g/mol. The van der Waals surface area contributed by atoms with Gasteiger partial charge in [0.25, 0.3) is 0 Å². The molecule has 0 bridgehead atoms. The van der Waals surface area contributed by atoms with Gasteiger partial charge in [-0.05, 0) is 30.2 Å². The molecule has 0 heterocycles. The minimum absolute atomic E-state index is 0.0406. The summed E-state index contributed by atoms with van der Waals surface area (Å²) in [5.74, 6) is -0.169. The Morgan fingerprint density at radius 1 is 0.913 bits per heavy atom. The molecule has 2 N–H and O–H groups in total. The number of nitrogens with one attached hydrogen (secondary N) is 2. The van der Waals surface area contributed by atoms with E-state index in [9.17, 15) is 9.59 Å². The first-order chi connectivity index (χ1) is 11.0. The first-order valence-corrected chi connectivity index (χ1v) is 7.79. The predicted octanol–water partition coefficient (Wildman–Crippen LogP) is 3.85. The SMILES string of the molecule is CC(C)C(=O)Nc1cccc(NC(=O)CCc2ccccc2)c1. The highest BCUT2D eigenvalue weighted by atomic mass is 16.2. The van der Waals surface area contributed by atoms with Crippen molar-refractivity contribution in [2.24, 2.45) is 5.92 Å². The Hall–Kier alpha value is -2.62. The number of hydrogen-bond donors (Lipinski definition) is 2. The monoisotopic (exact) mass is 310 g/mol. The quantitative estimate of drug-likeness (QED) is 0.851. The van der Waals surface area contributed by atoms with Crippen molar-refractivity contribution in [3.63, 3.8) is 0 Å². The summed E-state index contributed by atoms with van der Waals surface area (Å²) >= 11 is 0. The molecule has 23 heavy (non-hydrogen) atoms. The van der Waals surface area contributed by atoms with Crippen molar-refractivity contribution >= 4 is 23.2 Å². The highest BCUT2D eigenvalue weighted by Crippen LogP contribution is 2.16. The third kappa shape index (κ3) is 5.58. The van der Waals surface area contributed by atoms with Crippen molar-refractivity contribution in [1.29, 1.82) is 0 Å². The van der Waals surface area contributed by atoms with E-state index in [0.29, 0.717) is 24.2 Å². The maximum absolute atomic E-state index is 12.0. The fourth-order valence-corrected chi connectivity index (χ4v) is 2.09. The summed E-state index contributed by atoms with van der Waals surface area (Å²) in [7, 11) is 0. The average Bonchev–Trinajstić information content (AvgIpc) is 2.54. The lowest BCUT2D eigenvalue weighted by Gasteiger charge is -2.10. The molecule has 0 fully saturated rings. The molecular formula is C19H22N2O2. The van der Waals surface area contributed by atoms with E-state index in [1.165, 1.54) is 0 Å². The van der Waals surface area contributed by atoms with Crippen LogP contribution >= 0.6 is 0 Å². The maximum Gasteiger partial charge on any atom is 0.226 e. The number of aryl methyl sites for hydroxylation is 1. The number of hydrogen-bond acceptors (Lipinski definition) is 2. The van der Waals surface area contributed by atoms with Gasteiger partial charge in [0.2, 0.25) is 11.8 Å². The first-order valence-electron chi connectivity index (χ1n) is 7.79. The fourth-order valence-electron chi connectivity index (χ4n) is 2.09. The smallest absolute Gasteiger partial charge is 0.226 e. The summed E-state index contributed by atoms with van der Waals surface area (Å²) in [6.45, 7) is 3.68. The van der Waals surface area contributed by atoms with Crippen molar-refractivity contribution in [3.8, 4) is 0 Å². The zero-order valence-corrected chi connectivity index (χ0v) is 13.5. The normalized spacial score (nSPS) is 10.4. The van der Waals surface area contributed by atoms with Crippen LogP contribution in [0.5, 0.6) is 0 Å². The topological polar surface area (TPSA) is 58.2 Å². The largest absolute Gasteiger partial charge is 0.326 e. The van der Waals surface area contributed by atoms with Gasteiger partial charge in [0.05, 0.1) is 0 Å². The second-order valence-electron chi connectivity index (χ2n) is 5.76. The van der Waals surface area contributed by atoms with Crippen LogP contribution in [0, 0.1) is 5.92 Å². The van der Waals surface area contributed by atoms with Gasteiger partial charge in [-0.25, -0.2) is 0 Å². The lowest BCUT2D eigenvalue weighted by atomic mass is 10.1. The van der Waals surface area contributed by atoms with E-state index < -0.39 is 0 Å². The molecule has 4 heteroatoms. The van der Waals surface area contributed by atoms with Gasteiger partial charge in [-0.1, -0.05) is 50.2 Å². The minimum Gasteiger partial charge on any atom is -0.326 e. The fraction of sp³-hybridized carbons (Fsp3) is 0.263. The Bertz CT molecular complexity index is 666. The molecule has 0 aromatic heterocycles. The zero-order valence-electron chi connectivity index (χ0n) is 13.5. The molecule has 2 rings (SSSR count). The van der Waals surface area contributed by atoms with E-state index in [0.717, 1.165) is 5.56 Å². The molecule has 0 unspecified atom stereocenters. The Labute approximate surface area is 136 Å². The Balaban J connectivity index is 1.89. The molecule has 0 radical (unpaired) electrons. The summed E-state index contributed by atoms with van der Waals surface area (Å²) in [4.78, 5) is 23.7. The van der Waals surface area contributed by atoms with Crippen LogP contribution in [0.25, 0.3) is 0 Å². The van der Waals surface area contributed by atoms with E-state index in [2.05, 4.69) is 10.6 Å². The van der Waals surface area contributed by atoms with Crippen LogP contribution in [0.3, 0.4) is 0 Å². The third-order valence-corrected chi connectivity index (χ3v) is 3.42. The molecule has 0 spiro atoms. The average molecular weight is 310 g/mol. The number of carbonyl (C=O) groups is 2. The maximum atomic E-state index is 12.0. The second kappa shape index (κ2) is 8.13. The van der Waals surface area contributed by atoms with Crippen LogP contribution in [0.2, 0.25) is 0 Å². The van der Waals surface area contributed by atoms with Crippen molar-refractivity contribution in [3.05, 3.63) is 60.2 Å². The third-order valence-electron chi connectivity index (χ3n) is 3.42. The Kier molecular flexibility index (Phi) is 5.92. The molecule has 2 amide bonds. The van der Waals surface area contributed by atoms with Gasteiger partial charge in [-0.15, -0.1) is 0 Å². The summed E-state index contributed by atoms with van der Waals surface area (Å²) in [5.41, 5.74) is 2.51. The van der Waals surface area contributed by atoms with E-state index >= 15 is 0 Å². The molecule has 0 aliphatic carbocycles. The van der Waals surface area contributed by atoms with Crippen LogP contribution in [0.15, 0.2) is 54.6 Å².